The molecule has 2 atom stereocenters. The standard InChI is InChI=1S/C19H26FNO3/c1-13(22)9-17-3-2-8-21(17)19(23)15-6-7-18(20)16(10-15)12-24-11-14-4-5-14/h6-7,10,13-14,17,22H,2-5,8-9,11-12H2,1H3. The predicted octanol–water partition coefficient (Wildman–Crippen LogP) is 3.13. The Balaban J connectivity index is 1.67. The molecule has 0 aromatic heterocycles. The Kier molecular flexibility index (Phi) is 5.51. The monoisotopic (exact) mass is 335 g/mol. The van der Waals surface area contributed by atoms with Crippen molar-refractivity contribution in [2.45, 2.75) is 57.8 Å². The average molecular weight is 335 g/mol. The van der Waals surface area contributed by atoms with E-state index in [1.54, 1.807) is 19.1 Å². The number of aliphatic hydroxyl groups excluding tert-OH is 1. The topological polar surface area (TPSA) is 49.8 Å². The summed E-state index contributed by atoms with van der Waals surface area (Å²) in [6, 6.07) is 4.57. The molecule has 0 spiro atoms. The van der Waals surface area contributed by atoms with Gasteiger partial charge in [0, 0.05) is 30.3 Å². The van der Waals surface area contributed by atoms with E-state index in [4.69, 9.17) is 4.74 Å². The number of aliphatic hydroxyl groups is 1. The zero-order valence-electron chi connectivity index (χ0n) is 14.2. The van der Waals surface area contributed by atoms with E-state index in [0.717, 1.165) is 12.8 Å². The van der Waals surface area contributed by atoms with Crippen molar-refractivity contribution in [2.75, 3.05) is 13.2 Å². The summed E-state index contributed by atoms with van der Waals surface area (Å²) in [5.41, 5.74) is 0.937. The van der Waals surface area contributed by atoms with Gasteiger partial charge in [-0.1, -0.05) is 0 Å². The normalized spacial score (nSPS) is 22.0. The van der Waals surface area contributed by atoms with Crippen molar-refractivity contribution in [1.29, 1.82) is 0 Å². The summed E-state index contributed by atoms with van der Waals surface area (Å²) in [7, 11) is 0. The Hall–Kier alpha value is -1.46. The molecule has 132 valence electrons. The van der Waals surface area contributed by atoms with Crippen LogP contribution in [-0.4, -0.2) is 41.2 Å². The molecule has 1 aromatic rings. The summed E-state index contributed by atoms with van der Waals surface area (Å²) in [6.45, 7) is 3.32. The second kappa shape index (κ2) is 7.62. The number of rotatable bonds is 7. The van der Waals surface area contributed by atoms with E-state index < -0.39 is 6.10 Å². The molecule has 1 saturated heterocycles. The Morgan fingerprint density at radius 3 is 2.92 bits per heavy atom. The Morgan fingerprint density at radius 1 is 1.42 bits per heavy atom. The fourth-order valence-electron chi connectivity index (χ4n) is 3.35. The number of carbonyl (C=O) groups excluding carboxylic acids is 1. The molecule has 1 heterocycles. The first kappa shape index (κ1) is 17.4. The smallest absolute Gasteiger partial charge is 0.254 e. The van der Waals surface area contributed by atoms with Crippen molar-refractivity contribution in [3.8, 4) is 0 Å². The highest BCUT2D eigenvalue weighted by atomic mass is 19.1. The number of halogens is 1. The summed E-state index contributed by atoms with van der Waals surface area (Å²) in [5, 5.41) is 9.61. The number of hydrogen-bond acceptors (Lipinski definition) is 3. The summed E-state index contributed by atoms with van der Waals surface area (Å²) in [4.78, 5) is 14.6. The zero-order valence-corrected chi connectivity index (χ0v) is 14.2. The van der Waals surface area contributed by atoms with Crippen LogP contribution < -0.4 is 0 Å². The second-order valence-corrected chi connectivity index (χ2v) is 7.14. The van der Waals surface area contributed by atoms with Gasteiger partial charge >= 0.3 is 0 Å². The molecule has 2 aliphatic rings. The lowest BCUT2D eigenvalue weighted by atomic mass is 10.1. The molecule has 24 heavy (non-hydrogen) atoms. The first-order chi connectivity index (χ1) is 11.5. The molecule has 4 nitrogen and oxygen atoms in total. The van der Waals surface area contributed by atoms with Gasteiger partial charge < -0.3 is 14.7 Å². The summed E-state index contributed by atoms with van der Waals surface area (Å²) >= 11 is 0. The Labute approximate surface area is 142 Å². The predicted molar refractivity (Wildman–Crippen MR) is 89.1 cm³/mol. The van der Waals surface area contributed by atoms with Crippen LogP contribution in [0.25, 0.3) is 0 Å². The fraction of sp³-hybridized carbons (Fsp3) is 0.632. The van der Waals surface area contributed by atoms with Crippen LogP contribution in [-0.2, 0) is 11.3 Å². The van der Waals surface area contributed by atoms with Crippen LogP contribution >= 0.6 is 0 Å². The number of benzene rings is 1. The number of likely N-dealkylation sites (tertiary alicyclic amines) is 1. The first-order valence-electron chi connectivity index (χ1n) is 8.90. The molecule has 1 amide bonds. The highest BCUT2D eigenvalue weighted by molar-refractivity contribution is 5.94. The van der Waals surface area contributed by atoms with Crippen LogP contribution in [0, 0.1) is 11.7 Å². The summed E-state index contributed by atoms with van der Waals surface area (Å²) in [6.07, 6.45) is 4.41. The van der Waals surface area contributed by atoms with E-state index in [-0.39, 0.29) is 24.4 Å². The van der Waals surface area contributed by atoms with E-state index >= 15 is 0 Å². The van der Waals surface area contributed by atoms with Gasteiger partial charge in [0.25, 0.3) is 5.91 Å². The Bertz CT molecular complexity index is 586. The molecule has 0 radical (unpaired) electrons. The second-order valence-electron chi connectivity index (χ2n) is 7.14. The van der Waals surface area contributed by atoms with Gasteiger partial charge in [0.2, 0.25) is 0 Å². The van der Waals surface area contributed by atoms with Crippen LogP contribution in [0.2, 0.25) is 0 Å². The average Bonchev–Trinajstić information content (AvgIpc) is 3.26. The molecule has 5 heteroatoms. The third-order valence-corrected chi connectivity index (χ3v) is 4.85. The Morgan fingerprint density at radius 2 is 2.21 bits per heavy atom. The molecular weight excluding hydrogens is 309 g/mol. The van der Waals surface area contributed by atoms with Gasteiger partial charge in [-0.15, -0.1) is 0 Å². The van der Waals surface area contributed by atoms with E-state index in [1.807, 2.05) is 4.90 Å². The molecule has 3 rings (SSSR count). The lowest BCUT2D eigenvalue weighted by Gasteiger charge is -2.26. The van der Waals surface area contributed by atoms with Gasteiger partial charge in [-0.3, -0.25) is 4.79 Å². The van der Waals surface area contributed by atoms with E-state index in [0.29, 0.717) is 36.6 Å². The quantitative estimate of drug-likeness (QED) is 0.833. The molecule has 1 aliphatic carbocycles. The van der Waals surface area contributed by atoms with Gasteiger partial charge in [-0.2, -0.15) is 0 Å². The van der Waals surface area contributed by atoms with Crippen LogP contribution in [0.15, 0.2) is 18.2 Å². The molecule has 1 saturated carbocycles. The molecule has 1 aromatic carbocycles. The highest BCUT2D eigenvalue weighted by Gasteiger charge is 2.30. The number of ether oxygens (including phenoxy) is 1. The molecule has 2 unspecified atom stereocenters. The maximum absolute atomic E-state index is 14.0. The molecule has 1 aliphatic heterocycles. The van der Waals surface area contributed by atoms with Gasteiger partial charge in [0.15, 0.2) is 0 Å². The lowest BCUT2D eigenvalue weighted by Crippen LogP contribution is -2.37. The van der Waals surface area contributed by atoms with Crippen molar-refractivity contribution in [2.24, 2.45) is 5.92 Å². The molecule has 2 fully saturated rings. The van der Waals surface area contributed by atoms with E-state index in [9.17, 15) is 14.3 Å². The first-order valence-corrected chi connectivity index (χ1v) is 8.90. The van der Waals surface area contributed by atoms with Crippen molar-refractivity contribution in [3.63, 3.8) is 0 Å². The third-order valence-electron chi connectivity index (χ3n) is 4.85. The summed E-state index contributed by atoms with van der Waals surface area (Å²) < 4.78 is 19.5. The SMILES string of the molecule is CC(O)CC1CCCN1C(=O)c1ccc(F)c(COCC2CC2)c1. The minimum atomic E-state index is -0.428. The lowest BCUT2D eigenvalue weighted by molar-refractivity contribution is 0.0681. The van der Waals surface area contributed by atoms with Gasteiger partial charge in [0.1, 0.15) is 5.82 Å². The highest BCUT2D eigenvalue weighted by Crippen LogP contribution is 2.29. The largest absolute Gasteiger partial charge is 0.393 e. The number of amides is 1. The van der Waals surface area contributed by atoms with Crippen molar-refractivity contribution in [3.05, 3.63) is 35.1 Å². The number of nitrogens with zero attached hydrogens (tertiary/aromatic N) is 1. The van der Waals surface area contributed by atoms with Crippen LogP contribution in [0.5, 0.6) is 0 Å². The molecular formula is C19H26FNO3. The van der Waals surface area contributed by atoms with Crippen LogP contribution in [0.4, 0.5) is 4.39 Å². The van der Waals surface area contributed by atoms with E-state index in [1.165, 1.54) is 18.9 Å². The van der Waals surface area contributed by atoms with Crippen molar-refractivity contribution >= 4 is 5.91 Å². The fourth-order valence-corrected chi connectivity index (χ4v) is 3.35. The minimum Gasteiger partial charge on any atom is -0.393 e. The molecule has 1 N–H and O–H groups in total. The van der Waals surface area contributed by atoms with Crippen LogP contribution in [0.3, 0.4) is 0 Å². The number of carbonyl (C=O) groups is 1. The molecule has 0 bridgehead atoms. The maximum atomic E-state index is 14.0. The van der Waals surface area contributed by atoms with Crippen molar-refractivity contribution in [1.82, 2.24) is 4.90 Å². The van der Waals surface area contributed by atoms with Gasteiger partial charge in [-0.25, -0.2) is 4.39 Å². The summed E-state index contributed by atoms with van der Waals surface area (Å²) in [5.74, 6) is 0.217. The van der Waals surface area contributed by atoms with Crippen LogP contribution in [0.1, 0.15) is 54.9 Å². The van der Waals surface area contributed by atoms with Gasteiger partial charge in [0.05, 0.1) is 12.7 Å². The number of hydrogen-bond donors (Lipinski definition) is 1. The zero-order chi connectivity index (χ0) is 17.1. The third kappa shape index (κ3) is 4.33. The van der Waals surface area contributed by atoms with Gasteiger partial charge in [-0.05, 0) is 63.1 Å². The van der Waals surface area contributed by atoms with Crippen molar-refractivity contribution < 1.29 is 19.0 Å². The minimum absolute atomic E-state index is 0.0668. The van der Waals surface area contributed by atoms with E-state index in [2.05, 4.69) is 0 Å². The maximum Gasteiger partial charge on any atom is 0.254 e.